The van der Waals surface area contributed by atoms with Crippen molar-refractivity contribution >= 4 is 17.6 Å². The van der Waals surface area contributed by atoms with Gasteiger partial charge in [-0.25, -0.2) is 8.78 Å². The van der Waals surface area contributed by atoms with Crippen molar-refractivity contribution in [1.82, 2.24) is 9.88 Å². The number of carbonyl (C=O) groups excluding carboxylic acids is 2. The highest BCUT2D eigenvalue weighted by atomic mass is 19.3. The van der Waals surface area contributed by atoms with E-state index < -0.39 is 30.4 Å². The van der Waals surface area contributed by atoms with Crippen LogP contribution in [0.3, 0.4) is 0 Å². The quantitative estimate of drug-likeness (QED) is 0.809. The topological polar surface area (TPSA) is 103 Å². The highest BCUT2D eigenvalue weighted by Crippen LogP contribution is 2.29. The highest BCUT2D eigenvalue weighted by Gasteiger charge is 2.32. The van der Waals surface area contributed by atoms with Crippen molar-refractivity contribution < 1.29 is 23.1 Å². The van der Waals surface area contributed by atoms with Gasteiger partial charge in [0.25, 0.3) is 23.8 Å². The van der Waals surface area contributed by atoms with Gasteiger partial charge in [0.2, 0.25) is 0 Å². The number of ether oxygens (including phenoxy) is 1. The smallest absolute Gasteiger partial charge is 0.272 e. The number of nitrogens with two attached hydrogens (primary N) is 1. The van der Waals surface area contributed by atoms with Gasteiger partial charge < -0.3 is 10.5 Å². The third-order valence-electron chi connectivity index (χ3n) is 3.67. The molecule has 0 aliphatic carbocycles. The zero-order chi connectivity index (χ0) is 18.3. The summed E-state index contributed by atoms with van der Waals surface area (Å²) < 4.78 is 30.9. The van der Waals surface area contributed by atoms with Crippen molar-refractivity contribution in [3.8, 4) is 11.4 Å². The minimum absolute atomic E-state index is 0.00406. The van der Waals surface area contributed by atoms with Crippen LogP contribution in [-0.2, 0) is 0 Å². The van der Waals surface area contributed by atoms with E-state index in [0.29, 0.717) is 5.56 Å². The fourth-order valence-corrected chi connectivity index (χ4v) is 2.60. The van der Waals surface area contributed by atoms with E-state index in [1.807, 2.05) is 0 Å². The minimum Gasteiger partial charge on any atom is -0.485 e. The molecule has 25 heavy (non-hydrogen) atoms. The Hall–Kier alpha value is -3.23. The number of rotatable bonds is 4. The van der Waals surface area contributed by atoms with E-state index in [1.54, 1.807) is 13.0 Å². The standard InChI is InChI=1S/C16H13F2N3O4/c1-7-2-3-10(25-6-11(17)18)9(4-7)21-12(22)5-8-13(14(21)19)16(24)20-15(8)23/h2-5,11H,6,19H2,1H3,(H,20,23,24). The van der Waals surface area contributed by atoms with E-state index >= 15 is 0 Å². The first-order valence-corrected chi connectivity index (χ1v) is 7.22. The van der Waals surface area contributed by atoms with Gasteiger partial charge in [0, 0.05) is 6.07 Å². The molecule has 0 saturated heterocycles. The Labute approximate surface area is 140 Å². The fourth-order valence-electron chi connectivity index (χ4n) is 2.60. The molecule has 130 valence electrons. The summed E-state index contributed by atoms with van der Waals surface area (Å²) >= 11 is 0. The van der Waals surface area contributed by atoms with Crippen molar-refractivity contribution in [2.24, 2.45) is 0 Å². The van der Waals surface area contributed by atoms with Gasteiger partial charge in [0.05, 0.1) is 16.8 Å². The Morgan fingerprint density at radius 1 is 1.20 bits per heavy atom. The Morgan fingerprint density at radius 3 is 2.60 bits per heavy atom. The van der Waals surface area contributed by atoms with E-state index in [1.165, 1.54) is 12.1 Å². The van der Waals surface area contributed by atoms with Crippen molar-refractivity contribution in [2.45, 2.75) is 13.3 Å². The molecule has 1 aromatic heterocycles. The monoisotopic (exact) mass is 349 g/mol. The van der Waals surface area contributed by atoms with Crippen molar-refractivity contribution in [3.05, 3.63) is 51.3 Å². The Morgan fingerprint density at radius 2 is 1.92 bits per heavy atom. The molecule has 9 heteroatoms. The Balaban J connectivity index is 2.23. The number of alkyl halides is 2. The first-order chi connectivity index (χ1) is 11.8. The number of hydrogen-bond donors (Lipinski definition) is 2. The number of nitrogens with zero attached hydrogens (tertiary/aromatic N) is 1. The lowest BCUT2D eigenvalue weighted by molar-refractivity contribution is 0.0818. The van der Waals surface area contributed by atoms with Gasteiger partial charge in [-0.2, -0.15) is 0 Å². The maximum Gasteiger partial charge on any atom is 0.272 e. The molecule has 0 saturated carbocycles. The van der Waals surface area contributed by atoms with Gasteiger partial charge in [-0.05, 0) is 24.6 Å². The number of amides is 2. The van der Waals surface area contributed by atoms with Crippen LogP contribution in [-0.4, -0.2) is 29.4 Å². The highest BCUT2D eigenvalue weighted by molar-refractivity contribution is 6.23. The zero-order valence-corrected chi connectivity index (χ0v) is 13.0. The van der Waals surface area contributed by atoms with Gasteiger partial charge in [0.1, 0.15) is 18.2 Å². The molecule has 7 nitrogen and oxygen atoms in total. The minimum atomic E-state index is -2.70. The third-order valence-corrected chi connectivity index (χ3v) is 3.67. The van der Waals surface area contributed by atoms with Gasteiger partial charge >= 0.3 is 0 Å². The molecule has 1 aromatic carbocycles. The molecule has 0 atom stereocenters. The SMILES string of the molecule is Cc1ccc(OCC(F)F)c(-n2c(N)c3c(cc2=O)C(=O)NC3=O)c1. The van der Waals surface area contributed by atoms with Gasteiger partial charge in [-0.3, -0.25) is 24.3 Å². The predicted octanol–water partition coefficient (Wildman–Crippen LogP) is 1.26. The largest absolute Gasteiger partial charge is 0.485 e. The molecule has 0 radical (unpaired) electrons. The summed E-state index contributed by atoms with van der Waals surface area (Å²) in [5, 5.41) is 2.05. The molecule has 3 N–H and O–H groups in total. The molecule has 2 heterocycles. The van der Waals surface area contributed by atoms with Crippen LogP contribution in [0.1, 0.15) is 26.3 Å². The van der Waals surface area contributed by atoms with E-state index in [2.05, 4.69) is 5.32 Å². The fraction of sp³-hybridized carbons (Fsp3) is 0.188. The number of anilines is 1. The lowest BCUT2D eigenvalue weighted by Crippen LogP contribution is -2.25. The third kappa shape index (κ3) is 2.84. The average Bonchev–Trinajstić information content (AvgIpc) is 2.80. The van der Waals surface area contributed by atoms with Crippen LogP contribution < -0.4 is 21.3 Å². The van der Waals surface area contributed by atoms with Crippen LogP contribution in [0.2, 0.25) is 0 Å². The molecule has 0 bridgehead atoms. The molecule has 2 aromatic rings. The number of benzene rings is 1. The van der Waals surface area contributed by atoms with Gasteiger partial charge in [0.15, 0.2) is 0 Å². The van der Waals surface area contributed by atoms with Crippen molar-refractivity contribution in [3.63, 3.8) is 0 Å². The summed E-state index contributed by atoms with van der Waals surface area (Å²) in [4.78, 5) is 36.0. The van der Waals surface area contributed by atoms with Crippen LogP contribution >= 0.6 is 0 Å². The van der Waals surface area contributed by atoms with Crippen LogP contribution in [0.4, 0.5) is 14.6 Å². The van der Waals surface area contributed by atoms with Gasteiger partial charge in [-0.1, -0.05) is 6.07 Å². The van der Waals surface area contributed by atoms with Crippen molar-refractivity contribution in [1.29, 1.82) is 0 Å². The summed E-state index contributed by atoms with van der Waals surface area (Å²) in [5.41, 5.74) is 5.83. The number of pyridine rings is 1. The Kier molecular flexibility index (Phi) is 3.99. The second-order valence-electron chi connectivity index (χ2n) is 5.45. The summed E-state index contributed by atoms with van der Waals surface area (Å²) in [6.45, 7) is 0.861. The number of fused-ring (bicyclic) bond motifs is 1. The molecule has 3 rings (SSSR count). The predicted molar refractivity (Wildman–Crippen MR) is 84.5 cm³/mol. The molecule has 0 unspecified atom stereocenters. The lowest BCUT2D eigenvalue weighted by atomic mass is 10.1. The number of carbonyl (C=O) groups is 2. The second-order valence-corrected chi connectivity index (χ2v) is 5.45. The summed E-state index contributed by atoms with van der Waals surface area (Å²) in [6.07, 6.45) is -2.70. The maximum absolute atomic E-state index is 12.5. The summed E-state index contributed by atoms with van der Waals surface area (Å²) in [7, 11) is 0. The average molecular weight is 349 g/mol. The van der Waals surface area contributed by atoms with Crippen LogP contribution in [0, 0.1) is 6.92 Å². The second kappa shape index (κ2) is 6.00. The zero-order valence-electron chi connectivity index (χ0n) is 13.0. The molecular formula is C16H13F2N3O4. The summed E-state index contributed by atoms with van der Waals surface area (Å²) in [6, 6.07) is 5.54. The number of nitrogen functional groups attached to an aromatic ring is 1. The normalized spacial score (nSPS) is 13.1. The molecule has 2 amide bonds. The number of aromatic nitrogens is 1. The maximum atomic E-state index is 12.5. The number of nitrogens with one attached hydrogen (secondary N) is 1. The first-order valence-electron chi connectivity index (χ1n) is 7.22. The van der Waals surface area contributed by atoms with Crippen molar-refractivity contribution in [2.75, 3.05) is 12.3 Å². The van der Waals surface area contributed by atoms with E-state index in [9.17, 15) is 23.2 Å². The molecule has 1 aliphatic rings. The number of imide groups is 1. The van der Waals surface area contributed by atoms with Crippen LogP contribution in [0.5, 0.6) is 5.75 Å². The molecular weight excluding hydrogens is 336 g/mol. The van der Waals surface area contributed by atoms with E-state index in [-0.39, 0.29) is 28.4 Å². The molecule has 0 spiro atoms. The number of halogens is 2. The van der Waals surface area contributed by atoms with E-state index in [4.69, 9.17) is 10.5 Å². The Bertz CT molecular complexity index is 953. The first kappa shape index (κ1) is 16.6. The molecule has 1 aliphatic heterocycles. The molecule has 0 fully saturated rings. The van der Waals surface area contributed by atoms with E-state index in [0.717, 1.165) is 10.6 Å². The van der Waals surface area contributed by atoms with Crippen LogP contribution in [0.25, 0.3) is 5.69 Å². The number of aryl methyl sites for hydroxylation is 1. The lowest BCUT2D eigenvalue weighted by Gasteiger charge is -2.16. The van der Waals surface area contributed by atoms with Crippen LogP contribution in [0.15, 0.2) is 29.1 Å². The number of hydrogen-bond acceptors (Lipinski definition) is 5. The summed E-state index contributed by atoms with van der Waals surface area (Å²) in [5.74, 6) is -1.70. The van der Waals surface area contributed by atoms with Gasteiger partial charge in [-0.15, -0.1) is 0 Å².